The molecule has 1 heterocycles. The van der Waals surface area contributed by atoms with E-state index in [0.717, 1.165) is 18.5 Å². The van der Waals surface area contributed by atoms with Gasteiger partial charge in [-0.2, -0.15) is 0 Å². The van der Waals surface area contributed by atoms with Crippen LogP contribution in [-0.2, 0) is 15.5 Å². The van der Waals surface area contributed by atoms with Gasteiger partial charge in [-0.15, -0.1) is 0 Å². The average Bonchev–Trinajstić information content (AvgIpc) is 2.90. The molecule has 0 unspecified atom stereocenters. The lowest BCUT2D eigenvalue weighted by Crippen LogP contribution is -2.46. The Labute approximate surface area is 123 Å². The van der Waals surface area contributed by atoms with E-state index in [1.54, 1.807) is 6.26 Å². The fourth-order valence-corrected chi connectivity index (χ4v) is 5.49. The molecule has 1 aromatic rings. The smallest absolute Gasteiger partial charge is 0.404 e. The third kappa shape index (κ3) is 4.49. The summed E-state index contributed by atoms with van der Waals surface area (Å²) in [6, 6.07) is 0. The van der Waals surface area contributed by atoms with Gasteiger partial charge in [0.15, 0.2) is 6.39 Å². The second-order valence-electron chi connectivity index (χ2n) is 5.58. The van der Waals surface area contributed by atoms with Crippen LogP contribution in [0.3, 0.4) is 0 Å². The first-order valence-electron chi connectivity index (χ1n) is 7.36. The zero-order valence-corrected chi connectivity index (χ0v) is 14.3. The molecule has 0 bridgehead atoms. The first kappa shape index (κ1) is 17.0. The summed E-state index contributed by atoms with van der Waals surface area (Å²) in [4.78, 5) is 4.10. The zero-order chi connectivity index (χ0) is 15.0. The number of aromatic nitrogens is 1. The fraction of sp³-hybridized carbons (Fsp3) is 0.667. The van der Waals surface area contributed by atoms with Crippen molar-refractivity contribution in [1.82, 2.24) is 4.98 Å². The lowest BCUT2D eigenvalue weighted by atomic mass is 10.3. The number of allylic oxidation sites excluding steroid dienone is 1. The zero-order valence-electron chi connectivity index (χ0n) is 13.3. The maximum atomic E-state index is 6.22. The lowest BCUT2D eigenvalue weighted by Gasteiger charge is -2.36. The summed E-state index contributed by atoms with van der Waals surface area (Å²) in [7, 11) is -2.32. The van der Waals surface area contributed by atoms with Gasteiger partial charge >= 0.3 is 8.56 Å². The molecule has 1 rings (SSSR count). The molecule has 0 N–H and O–H groups in total. The summed E-state index contributed by atoms with van der Waals surface area (Å²) in [6.45, 7) is 11.3. The van der Waals surface area contributed by atoms with Crippen molar-refractivity contribution in [2.45, 2.75) is 65.1 Å². The van der Waals surface area contributed by atoms with E-state index in [0.29, 0.717) is 17.7 Å². The van der Waals surface area contributed by atoms with Crippen LogP contribution in [0, 0.1) is 0 Å². The van der Waals surface area contributed by atoms with Crippen LogP contribution in [0.4, 0.5) is 0 Å². The Kier molecular flexibility index (Phi) is 7.02. The molecule has 20 heavy (non-hydrogen) atoms. The maximum absolute atomic E-state index is 6.22. The molecule has 0 atom stereocenters. The minimum Gasteiger partial charge on any atom is -0.527 e. The first-order valence-corrected chi connectivity index (χ1v) is 9.33. The predicted octanol–water partition coefficient (Wildman–Crippen LogP) is 4.78. The normalized spacial score (nSPS) is 12.8. The molecule has 0 aliphatic carbocycles. The molecule has 0 fully saturated rings. The van der Waals surface area contributed by atoms with E-state index in [4.69, 9.17) is 13.3 Å². The summed E-state index contributed by atoms with van der Waals surface area (Å²) in [5.41, 5.74) is 1.53. The van der Waals surface area contributed by atoms with Crippen molar-refractivity contribution in [2.75, 3.05) is 0 Å². The van der Waals surface area contributed by atoms with Crippen molar-refractivity contribution < 1.29 is 13.3 Å². The number of nitrogens with zero attached hydrogens (tertiary/aromatic N) is 1. The standard InChI is InChI=1S/C15H27NO3Si/c1-6-7-8-9-18-20(13(2)3,14(4)5)19-11-15-10-17-12-16-15/h8-10,12-14H,6-7,11H2,1-5H3. The van der Waals surface area contributed by atoms with Gasteiger partial charge in [-0.1, -0.05) is 47.1 Å². The Bertz CT molecular complexity index is 380. The van der Waals surface area contributed by atoms with Crippen molar-refractivity contribution in [3.8, 4) is 0 Å². The Morgan fingerprint density at radius 1 is 1.30 bits per heavy atom. The highest BCUT2D eigenvalue weighted by atomic mass is 28.4. The van der Waals surface area contributed by atoms with Gasteiger partial charge in [-0.3, -0.25) is 0 Å². The molecule has 114 valence electrons. The molecule has 0 aliphatic heterocycles. The Hall–Kier alpha value is -1.07. The van der Waals surface area contributed by atoms with Gasteiger partial charge in [0.1, 0.15) is 12.0 Å². The lowest BCUT2D eigenvalue weighted by molar-refractivity contribution is 0.188. The third-order valence-corrected chi connectivity index (χ3v) is 7.66. The Balaban J connectivity index is 2.76. The summed E-state index contributed by atoms with van der Waals surface area (Å²) >= 11 is 0. The van der Waals surface area contributed by atoms with E-state index in [9.17, 15) is 0 Å². The van der Waals surface area contributed by atoms with E-state index in [1.165, 1.54) is 6.39 Å². The topological polar surface area (TPSA) is 44.5 Å². The molecular formula is C15H27NO3Si. The van der Waals surface area contributed by atoms with Crippen LogP contribution in [0.5, 0.6) is 0 Å². The van der Waals surface area contributed by atoms with Crippen molar-refractivity contribution in [3.63, 3.8) is 0 Å². The molecule has 0 spiro atoms. The molecule has 0 amide bonds. The Morgan fingerprint density at radius 2 is 2.00 bits per heavy atom. The predicted molar refractivity (Wildman–Crippen MR) is 82.4 cm³/mol. The monoisotopic (exact) mass is 297 g/mol. The molecular weight excluding hydrogens is 270 g/mol. The van der Waals surface area contributed by atoms with Crippen LogP contribution in [-0.4, -0.2) is 13.5 Å². The molecule has 0 aromatic carbocycles. The van der Waals surface area contributed by atoms with Gasteiger partial charge in [0.25, 0.3) is 0 Å². The first-order chi connectivity index (χ1) is 9.53. The molecule has 5 heteroatoms. The van der Waals surface area contributed by atoms with E-state index < -0.39 is 8.56 Å². The maximum Gasteiger partial charge on any atom is 0.404 e. The van der Waals surface area contributed by atoms with Gasteiger partial charge in [0.2, 0.25) is 0 Å². The van der Waals surface area contributed by atoms with Crippen LogP contribution in [0.25, 0.3) is 0 Å². The van der Waals surface area contributed by atoms with Crippen molar-refractivity contribution >= 4 is 8.56 Å². The minimum absolute atomic E-state index is 0.362. The van der Waals surface area contributed by atoms with E-state index in [-0.39, 0.29) is 0 Å². The van der Waals surface area contributed by atoms with Crippen molar-refractivity contribution in [3.05, 3.63) is 30.7 Å². The van der Waals surface area contributed by atoms with Gasteiger partial charge in [0.05, 0.1) is 12.9 Å². The molecule has 0 saturated heterocycles. The van der Waals surface area contributed by atoms with Gasteiger partial charge in [-0.25, -0.2) is 4.98 Å². The highest BCUT2D eigenvalue weighted by Crippen LogP contribution is 2.35. The highest BCUT2D eigenvalue weighted by Gasteiger charge is 2.46. The van der Waals surface area contributed by atoms with Gasteiger partial charge in [-0.05, 0) is 6.42 Å². The number of hydrogen-bond donors (Lipinski definition) is 0. The Morgan fingerprint density at radius 3 is 2.50 bits per heavy atom. The second kappa shape index (κ2) is 8.27. The van der Waals surface area contributed by atoms with Crippen LogP contribution >= 0.6 is 0 Å². The third-order valence-electron chi connectivity index (χ3n) is 3.34. The highest BCUT2D eigenvalue weighted by molar-refractivity contribution is 6.70. The van der Waals surface area contributed by atoms with E-state index >= 15 is 0 Å². The summed E-state index contributed by atoms with van der Waals surface area (Å²) in [5.74, 6) is 0. The number of hydrogen-bond acceptors (Lipinski definition) is 4. The summed E-state index contributed by atoms with van der Waals surface area (Å²) in [6.07, 6.45) is 9.10. The SMILES string of the molecule is CCCC=CO[Si](OCc1cocn1)(C(C)C)C(C)C. The van der Waals surface area contributed by atoms with Crippen LogP contribution < -0.4 is 0 Å². The summed E-state index contributed by atoms with van der Waals surface area (Å²) in [5, 5.41) is 0. The second-order valence-corrected chi connectivity index (χ2v) is 9.85. The van der Waals surface area contributed by atoms with Crippen LogP contribution in [0.15, 0.2) is 29.4 Å². The van der Waals surface area contributed by atoms with E-state index in [1.807, 2.05) is 6.26 Å². The van der Waals surface area contributed by atoms with Crippen molar-refractivity contribution in [1.29, 1.82) is 0 Å². The summed E-state index contributed by atoms with van der Waals surface area (Å²) < 4.78 is 17.3. The molecule has 4 nitrogen and oxygen atoms in total. The quantitative estimate of drug-likeness (QED) is 0.486. The molecule has 0 saturated carbocycles. The average molecular weight is 297 g/mol. The van der Waals surface area contributed by atoms with Crippen LogP contribution in [0.1, 0.15) is 53.2 Å². The molecule has 0 radical (unpaired) electrons. The van der Waals surface area contributed by atoms with Gasteiger partial charge in [0, 0.05) is 11.1 Å². The molecule has 0 aliphatic rings. The number of rotatable bonds is 9. The van der Waals surface area contributed by atoms with Gasteiger partial charge < -0.3 is 13.3 Å². The minimum atomic E-state index is -2.32. The van der Waals surface area contributed by atoms with Crippen LogP contribution in [0.2, 0.25) is 11.1 Å². The fourth-order valence-electron chi connectivity index (χ4n) is 2.19. The number of oxazole rings is 1. The largest absolute Gasteiger partial charge is 0.527 e. The molecule has 1 aromatic heterocycles. The van der Waals surface area contributed by atoms with Crippen molar-refractivity contribution in [2.24, 2.45) is 0 Å². The number of unbranched alkanes of at least 4 members (excludes halogenated alkanes) is 1. The van der Waals surface area contributed by atoms with E-state index in [2.05, 4.69) is 45.7 Å².